The van der Waals surface area contributed by atoms with Gasteiger partial charge in [-0.05, 0) is 41.4 Å². The highest BCUT2D eigenvalue weighted by Crippen LogP contribution is 2.36. The zero-order valence-corrected chi connectivity index (χ0v) is 12.9. The van der Waals surface area contributed by atoms with Crippen molar-refractivity contribution in [3.8, 4) is 0 Å². The van der Waals surface area contributed by atoms with E-state index in [2.05, 4.69) is 45.0 Å². The van der Waals surface area contributed by atoms with Crippen molar-refractivity contribution in [2.75, 3.05) is 5.32 Å². The fraction of sp³-hybridized carbons (Fsp3) is 0.167. The summed E-state index contributed by atoms with van der Waals surface area (Å²) in [7, 11) is 0. The van der Waals surface area contributed by atoms with Gasteiger partial charge >= 0.3 is 0 Å². The molecule has 0 fully saturated rings. The molecule has 0 aliphatic carbocycles. The van der Waals surface area contributed by atoms with E-state index in [1.54, 1.807) is 11.3 Å². The molecule has 1 atom stereocenters. The summed E-state index contributed by atoms with van der Waals surface area (Å²) in [5.41, 5.74) is 2.00. The molecule has 1 N–H and O–H groups in total. The van der Waals surface area contributed by atoms with Gasteiger partial charge in [0.15, 0.2) is 0 Å². The van der Waals surface area contributed by atoms with E-state index in [1.165, 1.54) is 5.56 Å². The summed E-state index contributed by atoms with van der Waals surface area (Å²) in [6, 6.07) is 5.92. The first kappa shape index (κ1) is 13.2. The second kappa shape index (κ2) is 5.61. The topological polar surface area (TPSA) is 12.0 Å². The zero-order valence-electron chi connectivity index (χ0n) is 9.01. The van der Waals surface area contributed by atoms with Gasteiger partial charge in [-0.2, -0.15) is 11.3 Å². The van der Waals surface area contributed by atoms with Crippen molar-refractivity contribution in [2.24, 2.45) is 0 Å². The van der Waals surface area contributed by atoms with Crippen molar-refractivity contribution in [3.05, 3.63) is 49.0 Å². The van der Waals surface area contributed by atoms with E-state index < -0.39 is 0 Å². The Kier molecular flexibility index (Phi) is 4.36. The van der Waals surface area contributed by atoms with E-state index in [1.807, 2.05) is 12.1 Å². The van der Waals surface area contributed by atoms with Gasteiger partial charge in [-0.15, -0.1) is 0 Å². The Morgan fingerprint density at radius 2 is 1.94 bits per heavy atom. The first-order chi connectivity index (χ1) is 8.08. The van der Waals surface area contributed by atoms with Gasteiger partial charge in [0.1, 0.15) is 0 Å². The van der Waals surface area contributed by atoms with Gasteiger partial charge in [0.05, 0.1) is 15.7 Å². The van der Waals surface area contributed by atoms with Crippen molar-refractivity contribution in [3.63, 3.8) is 0 Å². The Labute approximate surface area is 123 Å². The molecule has 1 aromatic heterocycles. The summed E-state index contributed by atoms with van der Waals surface area (Å²) in [5.74, 6) is 0. The Morgan fingerprint density at radius 3 is 2.47 bits per heavy atom. The maximum atomic E-state index is 6.17. The van der Waals surface area contributed by atoms with Crippen LogP contribution in [0.1, 0.15) is 18.5 Å². The molecule has 0 aliphatic heterocycles. The summed E-state index contributed by atoms with van der Waals surface area (Å²) in [4.78, 5) is 0. The van der Waals surface area contributed by atoms with Crippen LogP contribution in [0.3, 0.4) is 0 Å². The monoisotopic (exact) mass is 349 g/mol. The van der Waals surface area contributed by atoms with Crippen LogP contribution in [0, 0.1) is 0 Å². The van der Waals surface area contributed by atoms with Gasteiger partial charge in [-0.3, -0.25) is 0 Å². The van der Waals surface area contributed by atoms with Crippen molar-refractivity contribution >= 4 is 56.2 Å². The van der Waals surface area contributed by atoms with Crippen LogP contribution in [0.2, 0.25) is 10.0 Å². The van der Waals surface area contributed by atoms with Crippen molar-refractivity contribution in [2.45, 2.75) is 13.0 Å². The summed E-state index contributed by atoms with van der Waals surface area (Å²) < 4.78 is 0.876. The Hall–Kier alpha value is -0.220. The highest BCUT2D eigenvalue weighted by molar-refractivity contribution is 9.10. The van der Waals surface area contributed by atoms with Crippen LogP contribution in [-0.4, -0.2) is 0 Å². The summed E-state index contributed by atoms with van der Waals surface area (Å²) in [6.45, 7) is 2.08. The van der Waals surface area contributed by atoms with Gasteiger partial charge in [0.25, 0.3) is 0 Å². The van der Waals surface area contributed by atoms with Gasteiger partial charge in [0, 0.05) is 10.5 Å². The fourth-order valence-electron chi connectivity index (χ4n) is 1.50. The Balaban J connectivity index is 2.25. The molecular weight excluding hydrogens is 341 g/mol. The Bertz CT molecular complexity index is 490. The van der Waals surface area contributed by atoms with E-state index in [0.29, 0.717) is 10.0 Å². The largest absolute Gasteiger partial charge is 0.376 e. The molecule has 1 heterocycles. The fourth-order valence-corrected chi connectivity index (χ4v) is 3.57. The number of hydrogen-bond acceptors (Lipinski definition) is 2. The number of nitrogens with one attached hydrogen (secondary N) is 1. The zero-order chi connectivity index (χ0) is 12.4. The first-order valence-electron chi connectivity index (χ1n) is 5.01. The quantitative estimate of drug-likeness (QED) is 0.716. The van der Waals surface area contributed by atoms with Crippen LogP contribution in [0.15, 0.2) is 33.4 Å². The molecule has 1 nitrogen and oxygen atoms in total. The maximum absolute atomic E-state index is 6.17. The van der Waals surface area contributed by atoms with E-state index in [9.17, 15) is 0 Å². The molecule has 1 unspecified atom stereocenters. The molecule has 2 aromatic rings. The number of benzene rings is 1. The van der Waals surface area contributed by atoms with E-state index in [4.69, 9.17) is 23.2 Å². The second-order valence-electron chi connectivity index (χ2n) is 3.67. The second-order valence-corrected chi connectivity index (χ2v) is 6.18. The smallest absolute Gasteiger partial charge is 0.0724 e. The molecule has 0 radical (unpaired) electrons. The van der Waals surface area contributed by atoms with Crippen LogP contribution >= 0.6 is 50.5 Å². The number of anilines is 1. The standard InChI is InChI=1S/C12H10BrCl2NS/c1-7(8-2-3-17-6-8)16-12-10(14)4-9(13)5-11(12)15/h2-7,16H,1H3. The highest BCUT2D eigenvalue weighted by atomic mass is 79.9. The van der Waals surface area contributed by atoms with Crippen molar-refractivity contribution in [1.82, 2.24) is 0 Å². The lowest BCUT2D eigenvalue weighted by Crippen LogP contribution is -2.06. The van der Waals surface area contributed by atoms with Crippen LogP contribution in [0.5, 0.6) is 0 Å². The molecule has 0 spiro atoms. The normalized spacial score (nSPS) is 12.5. The summed E-state index contributed by atoms with van der Waals surface area (Å²) >= 11 is 17.4. The van der Waals surface area contributed by atoms with Crippen LogP contribution in [0.25, 0.3) is 0 Å². The molecule has 0 saturated heterocycles. The maximum Gasteiger partial charge on any atom is 0.0724 e. The average molecular weight is 351 g/mol. The number of halogens is 3. The minimum atomic E-state index is 0.178. The predicted octanol–water partition coefficient (Wildman–Crippen LogP) is 5.99. The molecule has 5 heteroatoms. The minimum absolute atomic E-state index is 0.178. The predicted molar refractivity (Wildman–Crippen MR) is 80.5 cm³/mol. The third-order valence-electron chi connectivity index (χ3n) is 2.41. The van der Waals surface area contributed by atoms with E-state index >= 15 is 0 Å². The lowest BCUT2D eigenvalue weighted by molar-refractivity contribution is 0.891. The van der Waals surface area contributed by atoms with Gasteiger partial charge in [-0.1, -0.05) is 39.1 Å². The average Bonchev–Trinajstić information content (AvgIpc) is 2.76. The SMILES string of the molecule is CC(Nc1c(Cl)cc(Br)cc1Cl)c1ccsc1. The van der Waals surface area contributed by atoms with Crippen molar-refractivity contribution < 1.29 is 0 Å². The number of thiophene rings is 1. The van der Waals surface area contributed by atoms with Gasteiger partial charge in [0.2, 0.25) is 0 Å². The summed E-state index contributed by atoms with van der Waals surface area (Å²) in [5, 5.41) is 8.73. The molecule has 17 heavy (non-hydrogen) atoms. The molecular formula is C12H10BrCl2NS. The van der Waals surface area contributed by atoms with Crippen LogP contribution in [0.4, 0.5) is 5.69 Å². The van der Waals surface area contributed by atoms with Gasteiger partial charge in [-0.25, -0.2) is 0 Å². The lowest BCUT2D eigenvalue weighted by atomic mass is 10.1. The minimum Gasteiger partial charge on any atom is -0.376 e. The molecule has 2 rings (SSSR count). The molecule has 0 bridgehead atoms. The van der Waals surface area contributed by atoms with Crippen LogP contribution < -0.4 is 5.32 Å². The van der Waals surface area contributed by atoms with E-state index in [0.717, 1.165) is 10.2 Å². The number of hydrogen-bond donors (Lipinski definition) is 1. The third-order valence-corrected chi connectivity index (χ3v) is 4.17. The molecule has 0 aliphatic rings. The van der Waals surface area contributed by atoms with E-state index in [-0.39, 0.29) is 6.04 Å². The van der Waals surface area contributed by atoms with Crippen molar-refractivity contribution in [1.29, 1.82) is 0 Å². The summed E-state index contributed by atoms with van der Waals surface area (Å²) in [6.07, 6.45) is 0. The lowest BCUT2D eigenvalue weighted by Gasteiger charge is -2.17. The van der Waals surface area contributed by atoms with Gasteiger partial charge < -0.3 is 5.32 Å². The molecule has 1 aromatic carbocycles. The third kappa shape index (κ3) is 3.16. The number of rotatable bonds is 3. The van der Waals surface area contributed by atoms with Crippen LogP contribution in [-0.2, 0) is 0 Å². The Morgan fingerprint density at radius 1 is 1.29 bits per heavy atom. The molecule has 0 amide bonds. The molecule has 90 valence electrons. The first-order valence-corrected chi connectivity index (χ1v) is 7.50. The molecule has 0 saturated carbocycles. The highest BCUT2D eigenvalue weighted by Gasteiger charge is 2.12.